The Morgan fingerprint density at radius 1 is 0.968 bits per heavy atom. The van der Waals surface area contributed by atoms with Crippen molar-refractivity contribution in [3.63, 3.8) is 0 Å². The molecule has 0 spiro atoms. The minimum absolute atomic E-state index is 0.185. The van der Waals surface area contributed by atoms with E-state index in [1.54, 1.807) is 0 Å². The molecule has 0 aliphatic carbocycles. The van der Waals surface area contributed by atoms with Gasteiger partial charge in [0.2, 0.25) is 5.91 Å². The van der Waals surface area contributed by atoms with Gasteiger partial charge in [-0.3, -0.25) is 14.6 Å². The van der Waals surface area contributed by atoms with E-state index in [9.17, 15) is 4.79 Å². The topological polar surface area (TPSA) is 45.3 Å². The zero-order valence-electron chi connectivity index (χ0n) is 18.7. The number of ether oxygens (including phenoxy) is 2. The Kier molecular flexibility index (Phi) is 7.10. The number of benzene rings is 2. The van der Waals surface area contributed by atoms with Gasteiger partial charge in [0.25, 0.3) is 0 Å². The molecule has 2 aliphatic heterocycles. The van der Waals surface area contributed by atoms with Gasteiger partial charge in [0.1, 0.15) is 13.2 Å². The molecule has 0 atom stereocenters. The summed E-state index contributed by atoms with van der Waals surface area (Å²) >= 11 is 0. The molecule has 0 bridgehead atoms. The first-order valence-corrected chi connectivity index (χ1v) is 11.3. The fraction of sp³-hybridized carbons (Fsp3) is 0.480. The van der Waals surface area contributed by atoms with E-state index in [4.69, 9.17) is 9.47 Å². The van der Waals surface area contributed by atoms with E-state index in [0.717, 1.165) is 49.8 Å². The highest BCUT2D eigenvalue weighted by Crippen LogP contribution is 2.31. The SMILES string of the molecule is CCN(Cc1ccc2c(c1)OCCO2)C(=O)CN1CCN(Cc2ccccc2C)CC1. The highest BCUT2D eigenvalue weighted by Gasteiger charge is 2.22. The van der Waals surface area contributed by atoms with Crippen LogP contribution in [0.1, 0.15) is 23.6 Å². The van der Waals surface area contributed by atoms with Gasteiger partial charge >= 0.3 is 0 Å². The van der Waals surface area contributed by atoms with Crippen molar-refractivity contribution in [2.75, 3.05) is 52.5 Å². The maximum absolute atomic E-state index is 13.0. The highest BCUT2D eigenvalue weighted by atomic mass is 16.6. The first-order valence-electron chi connectivity index (χ1n) is 11.3. The fourth-order valence-corrected chi connectivity index (χ4v) is 4.21. The predicted molar refractivity (Wildman–Crippen MR) is 121 cm³/mol. The van der Waals surface area contributed by atoms with Crippen molar-refractivity contribution in [3.8, 4) is 11.5 Å². The normalized spacial score (nSPS) is 16.8. The lowest BCUT2D eigenvalue weighted by Crippen LogP contribution is -2.49. The quantitative estimate of drug-likeness (QED) is 0.685. The predicted octanol–water partition coefficient (Wildman–Crippen LogP) is 2.93. The van der Waals surface area contributed by atoms with Crippen molar-refractivity contribution < 1.29 is 14.3 Å². The van der Waals surface area contributed by atoms with Gasteiger partial charge < -0.3 is 14.4 Å². The van der Waals surface area contributed by atoms with Crippen LogP contribution in [-0.2, 0) is 17.9 Å². The third kappa shape index (κ3) is 5.57. The van der Waals surface area contributed by atoms with Gasteiger partial charge in [-0.2, -0.15) is 0 Å². The molecular weight excluding hydrogens is 390 g/mol. The van der Waals surface area contributed by atoms with E-state index < -0.39 is 0 Å². The molecule has 1 fully saturated rings. The van der Waals surface area contributed by atoms with Gasteiger partial charge in [0, 0.05) is 45.8 Å². The Morgan fingerprint density at radius 2 is 1.68 bits per heavy atom. The highest BCUT2D eigenvalue weighted by molar-refractivity contribution is 5.78. The molecule has 0 unspecified atom stereocenters. The van der Waals surface area contributed by atoms with Crippen LogP contribution in [0.25, 0.3) is 0 Å². The van der Waals surface area contributed by atoms with Crippen LogP contribution < -0.4 is 9.47 Å². The van der Waals surface area contributed by atoms with Crippen molar-refractivity contribution in [2.45, 2.75) is 26.9 Å². The maximum Gasteiger partial charge on any atom is 0.237 e. The first-order chi connectivity index (χ1) is 15.1. The van der Waals surface area contributed by atoms with Crippen LogP contribution in [0.2, 0.25) is 0 Å². The molecule has 31 heavy (non-hydrogen) atoms. The van der Waals surface area contributed by atoms with E-state index in [2.05, 4.69) is 41.0 Å². The monoisotopic (exact) mass is 423 g/mol. The van der Waals surface area contributed by atoms with Gasteiger partial charge in [-0.1, -0.05) is 30.3 Å². The van der Waals surface area contributed by atoms with Crippen LogP contribution in [0.5, 0.6) is 11.5 Å². The third-order valence-electron chi connectivity index (χ3n) is 6.19. The molecule has 0 radical (unpaired) electrons. The number of rotatable bonds is 7. The van der Waals surface area contributed by atoms with E-state index in [1.165, 1.54) is 11.1 Å². The van der Waals surface area contributed by atoms with Crippen LogP contribution in [0.3, 0.4) is 0 Å². The number of hydrogen-bond donors (Lipinski definition) is 0. The molecular formula is C25H33N3O3. The van der Waals surface area contributed by atoms with Crippen LogP contribution in [-0.4, -0.2) is 73.1 Å². The van der Waals surface area contributed by atoms with Crippen LogP contribution in [0.15, 0.2) is 42.5 Å². The number of fused-ring (bicyclic) bond motifs is 1. The van der Waals surface area contributed by atoms with E-state index >= 15 is 0 Å². The zero-order chi connectivity index (χ0) is 21.6. The summed E-state index contributed by atoms with van der Waals surface area (Å²) in [5, 5.41) is 0. The molecule has 2 aromatic carbocycles. The zero-order valence-corrected chi connectivity index (χ0v) is 18.7. The third-order valence-corrected chi connectivity index (χ3v) is 6.19. The Labute approximate surface area is 185 Å². The van der Waals surface area contributed by atoms with Crippen molar-refractivity contribution in [2.24, 2.45) is 0 Å². The van der Waals surface area contributed by atoms with Crippen LogP contribution >= 0.6 is 0 Å². The molecule has 1 saturated heterocycles. The summed E-state index contributed by atoms with van der Waals surface area (Å²) in [6.45, 7) is 12.0. The minimum Gasteiger partial charge on any atom is -0.486 e. The van der Waals surface area contributed by atoms with Crippen molar-refractivity contribution >= 4 is 5.91 Å². The average molecular weight is 424 g/mol. The number of carbonyl (C=O) groups excluding carboxylic acids is 1. The largest absolute Gasteiger partial charge is 0.486 e. The van der Waals surface area contributed by atoms with Gasteiger partial charge in [-0.25, -0.2) is 0 Å². The number of hydrogen-bond acceptors (Lipinski definition) is 5. The summed E-state index contributed by atoms with van der Waals surface area (Å²) in [6.07, 6.45) is 0. The molecule has 1 amide bonds. The second-order valence-corrected chi connectivity index (χ2v) is 8.36. The smallest absolute Gasteiger partial charge is 0.237 e. The summed E-state index contributed by atoms with van der Waals surface area (Å²) in [7, 11) is 0. The molecule has 0 N–H and O–H groups in total. The van der Waals surface area contributed by atoms with Gasteiger partial charge in [-0.05, 0) is 42.7 Å². The Bertz CT molecular complexity index is 893. The number of piperazine rings is 1. The van der Waals surface area contributed by atoms with Crippen molar-refractivity contribution in [3.05, 3.63) is 59.2 Å². The van der Waals surface area contributed by atoms with Crippen LogP contribution in [0, 0.1) is 6.92 Å². The second-order valence-electron chi connectivity index (χ2n) is 8.36. The number of nitrogens with zero attached hydrogens (tertiary/aromatic N) is 3. The first kappa shape index (κ1) is 21.7. The molecule has 2 heterocycles. The average Bonchev–Trinajstić information content (AvgIpc) is 2.80. The fourth-order valence-electron chi connectivity index (χ4n) is 4.21. The molecule has 166 valence electrons. The standard InChI is InChI=1S/C25H33N3O3/c1-3-28(17-21-8-9-23-24(16-21)31-15-14-30-23)25(29)19-27-12-10-26(11-13-27)18-22-7-5-4-6-20(22)2/h4-9,16H,3,10-15,17-19H2,1-2H3. The molecule has 0 saturated carbocycles. The number of amides is 1. The maximum atomic E-state index is 13.0. The number of aryl methyl sites for hydroxylation is 1. The minimum atomic E-state index is 0.185. The summed E-state index contributed by atoms with van der Waals surface area (Å²) in [5.74, 6) is 1.75. The van der Waals surface area contributed by atoms with Gasteiger partial charge in [-0.15, -0.1) is 0 Å². The Balaban J connectivity index is 1.27. The molecule has 0 aromatic heterocycles. The number of likely N-dealkylation sites (N-methyl/N-ethyl adjacent to an activating group) is 1. The lowest BCUT2D eigenvalue weighted by Gasteiger charge is -2.35. The van der Waals surface area contributed by atoms with Gasteiger partial charge in [0.15, 0.2) is 11.5 Å². The molecule has 4 rings (SSSR count). The lowest BCUT2D eigenvalue weighted by molar-refractivity contribution is -0.133. The summed E-state index contributed by atoms with van der Waals surface area (Å²) in [6, 6.07) is 14.5. The molecule has 2 aliphatic rings. The molecule has 6 heteroatoms. The number of carbonyl (C=O) groups is 1. The summed E-state index contributed by atoms with van der Waals surface area (Å²) in [4.78, 5) is 19.7. The van der Waals surface area contributed by atoms with Crippen molar-refractivity contribution in [1.29, 1.82) is 0 Å². The summed E-state index contributed by atoms with van der Waals surface area (Å²) < 4.78 is 11.3. The molecule has 2 aromatic rings. The van der Waals surface area contributed by atoms with E-state index in [0.29, 0.717) is 32.8 Å². The van der Waals surface area contributed by atoms with Crippen molar-refractivity contribution in [1.82, 2.24) is 14.7 Å². The Morgan fingerprint density at radius 3 is 2.42 bits per heavy atom. The van der Waals surface area contributed by atoms with Gasteiger partial charge in [0.05, 0.1) is 6.54 Å². The molecule has 6 nitrogen and oxygen atoms in total. The summed E-state index contributed by atoms with van der Waals surface area (Å²) in [5.41, 5.74) is 3.81. The van der Waals surface area contributed by atoms with E-state index in [1.807, 2.05) is 30.0 Å². The Hall–Kier alpha value is -2.57. The lowest BCUT2D eigenvalue weighted by atomic mass is 10.1. The van der Waals surface area contributed by atoms with E-state index in [-0.39, 0.29) is 5.91 Å². The van der Waals surface area contributed by atoms with Crippen LogP contribution in [0.4, 0.5) is 0 Å². The second kappa shape index (κ2) is 10.2.